The Hall–Kier alpha value is -1.33. The summed E-state index contributed by atoms with van der Waals surface area (Å²) < 4.78 is 15.8. The van der Waals surface area contributed by atoms with Gasteiger partial charge in [0.25, 0.3) is 5.91 Å². The number of rotatable bonds is 3. The maximum Gasteiger partial charge on any atom is 0.254 e. The number of furan rings is 1. The van der Waals surface area contributed by atoms with Crippen LogP contribution in [0.4, 0.5) is 0 Å². The normalized spacial score (nSPS) is 23.2. The second kappa shape index (κ2) is 4.27. The van der Waals surface area contributed by atoms with Crippen molar-refractivity contribution in [1.82, 2.24) is 5.32 Å². The minimum atomic E-state index is -0.551. The van der Waals surface area contributed by atoms with E-state index in [0.29, 0.717) is 18.7 Å². The molecular formula is C11H15NO4. The van der Waals surface area contributed by atoms with E-state index in [1.165, 1.54) is 12.5 Å². The first kappa shape index (κ1) is 11.2. The SMILES string of the molecule is CC1(C)OC[C@@H](CNC(=O)c2ccoc2)O1. The van der Waals surface area contributed by atoms with E-state index in [0.717, 1.165) is 0 Å². The molecule has 0 aromatic carbocycles. The van der Waals surface area contributed by atoms with E-state index in [9.17, 15) is 4.79 Å². The van der Waals surface area contributed by atoms with Crippen LogP contribution >= 0.6 is 0 Å². The van der Waals surface area contributed by atoms with Crippen molar-refractivity contribution < 1.29 is 18.7 Å². The summed E-state index contributed by atoms with van der Waals surface area (Å²) in [5.41, 5.74) is 0.512. The van der Waals surface area contributed by atoms with Gasteiger partial charge in [-0.05, 0) is 19.9 Å². The highest BCUT2D eigenvalue weighted by Crippen LogP contribution is 2.21. The summed E-state index contributed by atoms with van der Waals surface area (Å²) in [6, 6.07) is 1.62. The molecule has 0 spiro atoms. The third-order valence-corrected chi connectivity index (χ3v) is 2.34. The van der Waals surface area contributed by atoms with Gasteiger partial charge in [0.1, 0.15) is 12.4 Å². The second-order valence-corrected chi connectivity index (χ2v) is 4.17. The molecule has 1 amide bonds. The van der Waals surface area contributed by atoms with E-state index >= 15 is 0 Å². The molecule has 0 radical (unpaired) electrons. The highest BCUT2D eigenvalue weighted by molar-refractivity contribution is 5.93. The van der Waals surface area contributed by atoms with Crippen molar-refractivity contribution in [2.75, 3.05) is 13.2 Å². The van der Waals surface area contributed by atoms with Crippen molar-refractivity contribution >= 4 is 5.91 Å². The number of carbonyl (C=O) groups excluding carboxylic acids is 1. The van der Waals surface area contributed by atoms with Gasteiger partial charge in [0.15, 0.2) is 5.79 Å². The largest absolute Gasteiger partial charge is 0.472 e. The minimum absolute atomic E-state index is 0.0918. The molecule has 1 aliphatic rings. The summed E-state index contributed by atoms with van der Waals surface area (Å²) in [4.78, 5) is 11.6. The van der Waals surface area contributed by atoms with E-state index in [4.69, 9.17) is 13.9 Å². The quantitative estimate of drug-likeness (QED) is 0.838. The van der Waals surface area contributed by atoms with Gasteiger partial charge in [-0.1, -0.05) is 0 Å². The van der Waals surface area contributed by atoms with Gasteiger partial charge >= 0.3 is 0 Å². The highest BCUT2D eigenvalue weighted by atomic mass is 16.7. The molecule has 0 bridgehead atoms. The summed E-state index contributed by atoms with van der Waals surface area (Å²) in [6.45, 7) is 4.64. The predicted octanol–water partition coefficient (Wildman–Crippen LogP) is 1.16. The van der Waals surface area contributed by atoms with Gasteiger partial charge in [0.2, 0.25) is 0 Å². The fourth-order valence-corrected chi connectivity index (χ4v) is 1.57. The van der Waals surface area contributed by atoms with E-state index in [1.807, 2.05) is 13.8 Å². The van der Waals surface area contributed by atoms with Gasteiger partial charge in [-0.25, -0.2) is 0 Å². The third kappa shape index (κ3) is 2.62. The molecule has 1 aromatic heterocycles. The Balaban J connectivity index is 1.79. The fraction of sp³-hybridized carbons (Fsp3) is 0.545. The lowest BCUT2D eigenvalue weighted by atomic mass is 10.3. The van der Waals surface area contributed by atoms with Crippen LogP contribution in [0.5, 0.6) is 0 Å². The van der Waals surface area contributed by atoms with Crippen molar-refractivity contribution in [2.45, 2.75) is 25.7 Å². The van der Waals surface area contributed by atoms with Crippen molar-refractivity contribution in [1.29, 1.82) is 0 Å². The topological polar surface area (TPSA) is 60.7 Å². The van der Waals surface area contributed by atoms with Crippen LogP contribution in [0.1, 0.15) is 24.2 Å². The predicted molar refractivity (Wildman–Crippen MR) is 55.9 cm³/mol. The molecule has 16 heavy (non-hydrogen) atoms. The second-order valence-electron chi connectivity index (χ2n) is 4.17. The lowest BCUT2D eigenvalue weighted by molar-refractivity contribution is -0.137. The highest BCUT2D eigenvalue weighted by Gasteiger charge is 2.32. The average molecular weight is 225 g/mol. The van der Waals surface area contributed by atoms with Crippen LogP contribution in [-0.4, -0.2) is 30.9 Å². The molecular weight excluding hydrogens is 210 g/mol. The smallest absolute Gasteiger partial charge is 0.254 e. The van der Waals surface area contributed by atoms with E-state index in [1.54, 1.807) is 6.07 Å². The monoisotopic (exact) mass is 225 g/mol. The van der Waals surface area contributed by atoms with E-state index in [2.05, 4.69) is 5.32 Å². The first-order chi connectivity index (χ1) is 7.57. The van der Waals surface area contributed by atoms with E-state index in [-0.39, 0.29) is 12.0 Å². The molecule has 0 aliphatic carbocycles. The van der Waals surface area contributed by atoms with Gasteiger partial charge in [-0.3, -0.25) is 4.79 Å². The number of ether oxygens (including phenoxy) is 2. The third-order valence-electron chi connectivity index (χ3n) is 2.34. The maximum atomic E-state index is 11.6. The number of amides is 1. The molecule has 1 aromatic rings. The first-order valence-corrected chi connectivity index (χ1v) is 5.19. The van der Waals surface area contributed by atoms with Gasteiger partial charge in [-0.15, -0.1) is 0 Å². The lowest BCUT2D eigenvalue weighted by Gasteiger charge is -2.17. The van der Waals surface area contributed by atoms with Crippen LogP contribution in [0, 0.1) is 0 Å². The molecule has 1 fully saturated rings. The van der Waals surface area contributed by atoms with Crippen LogP contribution in [0.15, 0.2) is 23.0 Å². The molecule has 1 N–H and O–H groups in total. The van der Waals surface area contributed by atoms with Gasteiger partial charge < -0.3 is 19.2 Å². The number of carbonyl (C=O) groups is 1. The molecule has 1 saturated heterocycles. The van der Waals surface area contributed by atoms with Crippen LogP contribution in [0.25, 0.3) is 0 Å². The minimum Gasteiger partial charge on any atom is -0.472 e. The van der Waals surface area contributed by atoms with Crippen molar-refractivity contribution in [3.8, 4) is 0 Å². The summed E-state index contributed by atoms with van der Waals surface area (Å²) >= 11 is 0. The number of hydrogen-bond acceptors (Lipinski definition) is 4. The van der Waals surface area contributed by atoms with E-state index < -0.39 is 5.79 Å². The Kier molecular flexibility index (Phi) is 2.98. The van der Waals surface area contributed by atoms with Crippen molar-refractivity contribution in [3.63, 3.8) is 0 Å². The lowest BCUT2D eigenvalue weighted by Crippen LogP contribution is -2.34. The van der Waals surface area contributed by atoms with Gasteiger partial charge in [-0.2, -0.15) is 0 Å². The molecule has 0 unspecified atom stereocenters. The van der Waals surface area contributed by atoms with Crippen LogP contribution in [0.3, 0.4) is 0 Å². The van der Waals surface area contributed by atoms with Crippen LogP contribution < -0.4 is 5.32 Å². The Morgan fingerprint density at radius 2 is 2.44 bits per heavy atom. The standard InChI is InChI=1S/C11H15NO4/c1-11(2)15-7-9(16-11)5-12-10(13)8-3-4-14-6-8/h3-4,6,9H,5,7H2,1-2H3,(H,12,13)/t9-/m1/s1. The molecule has 2 rings (SSSR count). The molecule has 2 heterocycles. The van der Waals surface area contributed by atoms with Crippen LogP contribution in [0.2, 0.25) is 0 Å². The summed E-state index contributed by atoms with van der Waals surface area (Å²) in [6.07, 6.45) is 2.78. The summed E-state index contributed by atoms with van der Waals surface area (Å²) in [7, 11) is 0. The fourth-order valence-electron chi connectivity index (χ4n) is 1.57. The average Bonchev–Trinajstić information content (AvgIpc) is 2.83. The Labute approximate surface area is 93.7 Å². The molecule has 1 aliphatic heterocycles. The zero-order chi connectivity index (χ0) is 11.6. The number of hydrogen-bond donors (Lipinski definition) is 1. The Morgan fingerprint density at radius 3 is 3.00 bits per heavy atom. The van der Waals surface area contributed by atoms with Gasteiger partial charge in [0.05, 0.1) is 18.4 Å². The Morgan fingerprint density at radius 1 is 1.62 bits per heavy atom. The first-order valence-electron chi connectivity index (χ1n) is 5.19. The summed E-state index contributed by atoms with van der Waals surface area (Å²) in [5, 5.41) is 2.76. The number of nitrogens with one attached hydrogen (secondary N) is 1. The maximum absolute atomic E-state index is 11.6. The molecule has 5 nitrogen and oxygen atoms in total. The zero-order valence-electron chi connectivity index (χ0n) is 9.36. The molecule has 1 atom stereocenters. The zero-order valence-corrected chi connectivity index (χ0v) is 9.36. The van der Waals surface area contributed by atoms with Crippen molar-refractivity contribution in [2.24, 2.45) is 0 Å². The molecule has 88 valence electrons. The molecule has 5 heteroatoms. The van der Waals surface area contributed by atoms with Crippen molar-refractivity contribution in [3.05, 3.63) is 24.2 Å². The summed E-state index contributed by atoms with van der Waals surface area (Å²) in [5.74, 6) is -0.715. The Bertz CT molecular complexity index is 358. The molecule has 0 saturated carbocycles. The van der Waals surface area contributed by atoms with Crippen LogP contribution in [-0.2, 0) is 9.47 Å². The van der Waals surface area contributed by atoms with Gasteiger partial charge in [0, 0.05) is 6.54 Å².